The van der Waals surface area contributed by atoms with Crippen LogP contribution in [0.4, 0.5) is 0 Å². The van der Waals surface area contributed by atoms with Crippen LogP contribution in [0.3, 0.4) is 0 Å². The summed E-state index contributed by atoms with van der Waals surface area (Å²) in [6.07, 6.45) is 7.89. The molecule has 0 amide bonds. The van der Waals surface area contributed by atoms with Crippen molar-refractivity contribution in [2.45, 2.75) is 39.0 Å². The lowest BCUT2D eigenvalue weighted by Gasteiger charge is -2.14. The quantitative estimate of drug-likeness (QED) is 0.204. The van der Waals surface area contributed by atoms with Crippen LogP contribution in [0.25, 0.3) is 16.9 Å². The minimum absolute atomic E-state index is 0.693. The van der Waals surface area contributed by atoms with Crippen LogP contribution in [-0.4, -0.2) is 40.7 Å². The molecule has 1 saturated heterocycles. The Morgan fingerprint density at radius 3 is 2.16 bits per heavy atom. The number of likely N-dealkylation sites (tertiary alicyclic amines) is 1. The predicted octanol–water partition coefficient (Wildman–Crippen LogP) is 7.80. The molecule has 37 heavy (non-hydrogen) atoms. The minimum atomic E-state index is 0.693. The maximum atomic E-state index is 5.98. The zero-order valence-electron chi connectivity index (χ0n) is 21.4. The first kappa shape index (κ1) is 25.4. The molecule has 0 unspecified atom stereocenters. The molecule has 5 nitrogen and oxygen atoms in total. The Morgan fingerprint density at radius 2 is 1.49 bits per heavy atom. The highest BCUT2D eigenvalue weighted by Crippen LogP contribution is 2.27. The van der Waals surface area contributed by atoms with Gasteiger partial charge in [0.2, 0.25) is 0 Å². The molecule has 0 N–H and O–H groups in total. The number of rotatable bonds is 11. The van der Waals surface area contributed by atoms with Gasteiger partial charge >= 0.3 is 0 Å². The topological polar surface area (TPSA) is 39.5 Å². The third-order valence-corrected chi connectivity index (χ3v) is 6.97. The molecule has 0 spiro atoms. The standard InChI is InChI=1S/C31H34ClN3O2/c1-2-3-6-31-33-30(24-7-13-27(14-8-24)36-22-21-34-19-4-5-20-34)23-35(31)26-11-17-29(18-12-26)37-28-15-9-25(32)10-16-28/h7-18,23H,2-6,19-22H2,1H3. The Bertz CT molecular complexity index is 1260. The minimum Gasteiger partial charge on any atom is -0.492 e. The molecule has 0 aliphatic carbocycles. The highest BCUT2D eigenvalue weighted by molar-refractivity contribution is 6.30. The first-order valence-corrected chi connectivity index (χ1v) is 13.6. The van der Waals surface area contributed by atoms with Crippen molar-refractivity contribution in [2.75, 3.05) is 26.2 Å². The molecule has 1 aliphatic heterocycles. The van der Waals surface area contributed by atoms with Gasteiger partial charge in [0.1, 0.15) is 29.7 Å². The molecular formula is C31H34ClN3O2. The van der Waals surface area contributed by atoms with Crippen molar-refractivity contribution < 1.29 is 9.47 Å². The highest BCUT2D eigenvalue weighted by Gasteiger charge is 2.13. The van der Waals surface area contributed by atoms with Crippen molar-refractivity contribution in [1.82, 2.24) is 14.5 Å². The van der Waals surface area contributed by atoms with Crippen molar-refractivity contribution in [2.24, 2.45) is 0 Å². The van der Waals surface area contributed by atoms with Gasteiger partial charge < -0.3 is 14.0 Å². The number of hydrogen-bond donors (Lipinski definition) is 0. The van der Waals surface area contributed by atoms with Gasteiger partial charge in [-0.05, 0) is 105 Å². The normalized spacial score (nSPS) is 13.7. The van der Waals surface area contributed by atoms with Crippen LogP contribution in [0.1, 0.15) is 38.4 Å². The van der Waals surface area contributed by atoms with Gasteiger partial charge in [0.25, 0.3) is 0 Å². The van der Waals surface area contributed by atoms with E-state index in [9.17, 15) is 0 Å². The van der Waals surface area contributed by atoms with Gasteiger partial charge in [-0.1, -0.05) is 24.9 Å². The fourth-order valence-electron chi connectivity index (χ4n) is 4.63. The number of ether oxygens (including phenoxy) is 2. The zero-order valence-corrected chi connectivity index (χ0v) is 22.2. The van der Waals surface area contributed by atoms with Crippen LogP contribution in [0.2, 0.25) is 5.02 Å². The van der Waals surface area contributed by atoms with E-state index in [4.69, 9.17) is 26.1 Å². The molecule has 1 fully saturated rings. The molecule has 4 aromatic rings. The van der Waals surface area contributed by atoms with Gasteiger partial charge in [0, 0.05) is 35.4 Å². The van der Waals surface area contributed by atoms with Crippen LogP contribution in [0.5, 0.6) is 17.2 Å². The molecule has 1 aromatic heterocycles. The van der Waals surface area contributed by atoms with Crippen molar-refractivity contribution >= 4 is 11.6 Å². The molecule has 192 valence electrons. The number of benzene rings is 3. The summed E-state index contributed by atoms with van der Waals surface area (Å²) < 4.78 is 14.1. The van der Waals surface area contributed by atoms with Gasteiger partial charge in [-0.25, -0.2) is 4.98 Å². The Hall–Kier alpha value is -3.28. The molecule has 1 aliphatic rings. The summed E-state index contributed by atoms with van der Waals surface area (Å²) in [4.78, 5) is 7.48. The number of imidazole rings is 1. The van der Waals surface area contributed by atoms with Gasteiger partial charge in [-0.15, -0.1) is 0 Å². The van der Waals surface area contributed by atoms with Gasteiger partial charge in [-0.2, -0.15) is 0 Å². The van der Waals surface area contributed by atoms with E-state index in [2.05, 4.69) is 46.9 Å². The lowest BCUT2D eigenvalue weighted by atomic mass is 10.1. The van der Waals surface area contributed by atoms with Crippen molar-refractivity contribution in [3.63, 3.8) is 0 Å². The number of halogens is 1. The summed E-state index contributed by atoms with van der Waals surface area (Å²) in [5.74, 6) is 3.51. The summed E-state index contributed by atoms with van der Waals surface area (Å²) in [6, 6.07) is 23.8. The number of aryl methyl sites for hydroxylation is 1. The number of unbranched alkanes of at least 4 members (excludes halogenated alkanes) is 1. The van der Waals surface area contributed by atoms with Gasteiger partial charge in [0.05, 0.1) is 5.69 Å². The van der Waals surface area contributed by atoms with Gasteiger partial charge in [0.15, 0.2) is 0 Å². The lowest BCUT2D eigenvalue weighted by Crippen LogP contribution is -2.25. The Balaban J connectivity index is 1.29. The summed E-state index contributed by atoms with van der Waals surface area (Å²) >= 11 is 5.98. The van der Waals surface area contributed by atoms with E-state index >= 15 is 0 Å². The average Bonchev–Trinajstić information content (AvgIpc) is 3.60. The third-order valence-electron chi connectivity index (χ3n) is 6.72. The second kappa shape index (κ2) is 12.3. The molecule has 6 heteroatoms. The summed E-state index contributed by atoms with van der Waals surface area (Å²) in [7, 11) is 0. The number of nitrogens with zero attached hydrogens (tertiary/aromatic N) is 3. The fraction of sp³-hybridized carbons (Fsp3) is 0.323. The van der Waals surface area contributed by atoms with E-state index in [0.29, 0.717) is 5.02 Å². The maximum Gasteiger partial charge on any atom is 0.127 e. The summed E-state index contributed by atoms with van der Waals surface area (Å²) in [6.45, 7) is 6.33. The van der Waals surface area contributed by atoms with E-state index in [0.717, 1.165) is 72.4 Å². The Labute approximate surface area is 224 Å². The monoisotopic (exact) mass is 515 g/mol. The maximum absolute atomic E-state index is 5.98. The average molecular weight is 516 g/mol. The SMILES string of the molecule is CCCCc1nc(-c2ccc(OCCN3CCCC3)cc2)cn1-c1ccc(Oc2ccc(Cl)cc2)cc1. The number of aromatic nitrogens is 2. The first-order valence-electron chi connectivity index (χ1n) is 13.3. The van der Waals surface area contributed by atoms with Gasteiger partial charge in [-0.3, -0.25) is 4.90 Å². The fourth-order valence-corrected chi connectivity index (χ4v) is 4.75. The van der Waals surface area contributed by atoms with Crippen LogP contribution < -0.4 is 9.47 Å². The van der Waals surface area contributed by atoms with Crippen molar-refractivity contribution in [3.05, 3.63) is 89.8 Å². The van der Waals surface area contributed by atoms with Crippen LogP contribution in [0, 0.1) is 0 Å². The molecule has 3 aromatic carbocycles. The summed E-state index contributed by atoms with van der Waals surface area (Å²) in [5, 5.41) is 0.693. The lowest BCUT2D eigenvalue weighted by molar-refractivity contribution is 0.238. The second-order valence-electron chi connectivity index (χ2n) is 9.49. The second-order valence-corrected chi connectivity index (χ2v) is 9.92. The Kier molecular flexibility index (Phi) is 8.44. The molecular weight excluding hydrogens is 482 g/mol. The van der Waals surface area contributed by atoms with E-state index in [-0.39, 0.29) is 0 Å². The van der Waals surface area contributed by atoms with E-state index in [1.54, 1.807) is 0 Å². The molecule has 2 heterocycles. The van der Waals surface area contributed by atoms with Crippen LogP contribution in [0.15, 0.2) is 79.0 Å². The summed E-state index contributed by atoms with van der Waals surface area (Å²) in [5.41, 5.74) is 3.12. The molecule has 5 rings (SSSR count). The predicted molar refractivity (Wildman–Crippen MR) is 150 cm³/mol. The molecule has 0 bridgehead atoms. The van der Waals surface area contributed by atoms with E-state index in [1.807, 2.05) is 48.5 Å². The van der Waals surface area contributed by atoms with Crippen LogP contribution in [-0.2, 0) is 6.42 Å². The first-order chi connectivity index (χ1) is 18.2. The Morgan fingerprint density at radius 1 is 0.838 bits per heavy atom. The van der Waals surface area contributed by atoms with Crippen LogP contribution >= 0.6 is 11.6 Å². The van der Waals surface area contributed by atoms with E-state index in [1.165, 1.54) is 25.9 Å². The molecule has 0 saturated carbocycles. The van der Waals surface area contributed by atoms with Crippen molar-refractivity contribution in [3.8, 4) is 34.2 Å². The van der Waals surface area contributed by atoms with Crippen molar-refractivity contribution in [1.29, 1.82) is 0 Å². The zero-order chi connectivity index (χ0) is 25.5. The molecule has 0 atom stereocenters. The smallest absolute Gasteiger partial charge is 0.127 e. The highest BCUT2D eigenvalue weighted by atomic mass is 35.5. The largest absolute Gasteiger partial charge is 0.492 e. The van der Waals surface area contributed by atoms with E-state index < -0.39 is 0 Å². The number of hydrogen-bond acceptors (Lipinski definition) is 4. The third kappa shape index (κ3) is 6.73. The molecule has 0 radical (unpaired) electrons.